The van der Waals surface area contributed by atoms with E-state index in [0.29, 0.717) is 28.8 Å². The molecule has 0 atom stereocenters. The maximum absolute atomic E-state index is 5.66. The Hall–Kier alpha value is -1.66. The predicted molar refractivity (Wildman–Crippen MR) is 81.2 cm³/mol. The summed E-state index contributed by atoms with van der Waals surface area (Å²) in [5, 5.41) is 2.65. The van der Waals surface area contributed by atoms with Crippen LogP contribution >= 0.6 is 23.6 Å². The number of thiazole rings is 1. The molecular weight excluding hydrogens is 280 g/mol. The number of ether oxygens (including phenoxy) is 2. The van der Waals surface area contributed by atoms with E-state index in [1.54, 1.807) is 7.11 Å². The third-order valence-corrected chi connectivity index (χ3v) is 3.56. The molecule has 1 aromatic carbocycles. The molecule has 2 rings (SSSR count). The molecule has 0 aliphatic carbocycles. The van der Waals surface area contributed by atoms with Crippen LogP contribution in [0.4, 0.5) is 0 Å². The van der Waals surface area contributed by atoms with Crippen molar-refractivity contribution < 1.29 is 9.47 Å². The van der Waals surface area contributed by atoms with Crippen LogP contribution in [-0.2, 0) is 0 Å². The Morgan fingerprint density at radius 3 is 2.84 bits per heavy atom. The van der Waals surface area contributed by atoms with Crippen LogP contribution in [0.3, 0.4) is 0 Å². The Morgan fingerprint density at radius 1 is 1.47 bits per heavy atom. The molecule has 0 saturated carbocycles. The first-order chi connectivity index (χ1) is 9.17. The molecule has 0 saturated heterocycles. The number of benzene rings is 1. The highest BCUT2D eigenvalue weighted by molar-refractivity contribution is 7.80. The van der Waals surface area contributed by atoms with Crippen LogP contribution in [0.25, 0.3) is 10.6 Å². The second kappa shape index (κ2) is 5.99. The van der Waals surface area contributed by atoms with Crippen molar-refractivity contribution >= 4 is 28.5 Å². The molecule has 2 N–H and O–H groups in total. The molecule has 1 aromatic heterocycles. The van der Waals surface area contributed by atoms with E-state index in [1.165, 1.54) is 11.3 Å². The lowest BCUT2D eigenvalue weighted by Crippen LogP contribution is -2.09. The van der Waals surface area contributed by atoms with Crippen molar-refractivity contribution in [2.45, 2.75) is 6.92 Å². The quantitative estimate of drug-likeness (QED) is 0.859. The Balaban J connectivity index is 2.50. The van der Waals surface area contributed by atoms with Gasteiger partial charge < -0.3 is 15.2 Å². The third kappa shape index (κ3) is 2.85. The van der Waals surface area contributed by atoms with Crippen LogP contribution in [0.15, 0.2) is 23.6 Å². The first-order valence-corrected chi connectivity index (χ1v) is 7.01. The van der Waals surface area contributed by atoms with Gasteiger partial charge >= 0.3 is 0 Å². The monoisotopic (exact) mass is 294 g/mol. The van der Waals surface area contributed by atoms with E-state index < -0.39 is 0 Å². The van der Waals surface area contributed by atoms with Gasteiger partial charge in [-0.2, -0.15) is 0 Å². The molecule has 19 heavy (non-hydrogen) atoms. The van der Waals surface area contributed by atoms with Gasteiger partial charge in [0.2, 0.25) is 0 Å². The number of thiocarbonyl (C=S) groups is 1. The third-order valence-electron chi connectivity index (χ3n) is 2.47. The van der Waals surface area contributed by atoms with E-state index in [4.69, 9.17) is 27.4 Å². The van der Waals surface area contributed by atoms with Crippen molar-refractivity contribution in [3.8, 4) is 22.1 Å². The minimum Gasteiger partial charge on any atom is -0.493 e. The summed E-state index contributed by atoms with van der Waals surface area (Å²) in [5.74, 6) is 1.38. The van der Waals surface area contributed by atoms with Crippen molar-refractivity contribution in [3.05, 3.63) is 29.3 Å². The number of methoxy groups -OCH3 is 1. The second-order valence-corrected chi connectivity index (χ2v) is 4.97. The van der Waals surface area contributed by atoms with Gasteiger partial charge in [-0.25, -0.2) is 4.98 Å². The highest BCUT2D eigenvalue weighted by atomic mass is 32.1. The summed E-state index contributed by atoms with van der Waals surface area (Å²) >= 11 is 6.40. The summed E-state index contributed by atoms with van der Waals surface area (Å²) in [5.41, 5.74) is 7.09. The predicted octanol–water partition coefficient (Wildman–Crippen LogP) is 2.85. The Morgan fingerprint density at radius 2 is 2.26 bits per heavy atom. The van der Waals surface area contributed by atoms with E-state index >= 15 is 0 Å². The largest absolute Gasteiger partial charge is 0.493 e. The first-order valence-electron chi connectivity index (χ1n) is 5.72. The first kappa shape index (κ1) is 13.8. The lowest BCUT2D eigenvalue weighted by molar-refractivity contribution is 0.312. The van der Waals surface area contributed by atoms with Gasteiger partial charge in [0.25, 0.3) is 0 Å². The van der Waals surface area contributed by atoms with Gasteiger partial charge in [-0.15, -0.1) is 11.3 Å². The average molecular weight is 294 g/mol. The molecule has 0 fully saturated rings. The van der Waals surface area contributed by atoms with Gasteiger partial charge in [-0.1, -0.05) is 18.3 Å². The fourth-order valence-corrected chi connectivity index (χ4v) is 2.67. The fraction of sp³-hybridized carbons (Fsp3) is 0.231. The van der Waals surface area contributed by atoms with Crippen LogP contribution in [0.2, 0.25) is 0 Å². The van der Waals surface area contributed by atoms with Gasteiger partial charge in [0.1, 0.15) is 15.7 Å². The molecule has 0 aliphatic heterocycles. The average Bonchev–Trinajstić information content (AvgIpc) is 2.89. The molecule has 0 unspecified atom stereocenters. The summed E-state index contributed by atoms with van der Waals surface area (Å²) in [6, 6.07) is 5.70. The number of aromatic nitrogens is 1. The summed E-state index contributed by atoms with van der Waals surface area (Å²) in [4.78, 5) is 4.71. The smallest absolute Gasteiger partial charge is 0.171 e. The molecular formula is C13H14N2O2S2. The standard InChI is InChI=1S/C13H14N2O2S2/c1-3-17-11-8(5-4-6-10(11)16-2)13-15-9(7-19-13)12(14)18/h4-7H,3H2,1-2H3,(H2,14,18). The molecule has 2 aromatic rings. The fourth-order valence-electron chi connectivity index (χ4n) is 1.65. The Labute approximate surface area is 121 Å². The molecule has 0 radical (unpaired) electrons. The Kier molecular flexibility index (Phi) is 4.34. The van der Waals surface area contributed by atoms with Gasteiger partial charge in [0, 0.05) is 5.38 Å². The maximum atomic E-state index is 5.66. The minimum atomic E-state index is 0.295. The highest BCUT2D eigenvalue weighted by Gasteiger charge is 2.15. The van der Waals surface area contributed by atoms with E-state index in [9.17, 15) is 0 Å². The molecule has 0 bridgehead atoms. The van der Waals surface area contributed by atoms with Crippen molar-refractivity contribution in [1.29, 1.82) is 0 Å². The SMILES string of the molecule is CCOc1c(OC)cccc1-c1nc(C(N)=S)cs1. The molecule has 0 amide bonds. The number of para-hydroxylation sites is 1. The van der Waals surface area contributed by atoms with Crippen molar-refractivity contribution in [2.75, 3.05) is 13.7 Å². The molecule has 100 valence electrons. The van der Waals surface area contributed by atoms with Crippen LogP contribution in [-0.4, -0.2) is 23.7 Å². The normalized spacial score (nSPS) is 10.2. The van der Waals surface area contributed by atoms with Crippen LogP contribution in [0, 0.1) is 0 Å². The zero-order valence-electron chi connectivity index (χ0n) is 10.7. The molecule has 0 aliphatic rings. The number of rotatable bonds is 5. The summed E-state index contributed by atoms with van der Waals surface area (Å²) in [6.45, 7) is 2.49. The topological polar surface area (TPSA) is 57.4 Å². The maximum Gasteiger partial charge on any atom is 0.171 e. The molecule has 6 heteroatoms. The molecule has 0 spiro atoms. The van der Waals surface area contributed by atoms with Crippen molar-refractivity contribution in [1.82, 2.24) is 4.98 Å². The van der Waals surface area contributed by atoms with E-state index in [0.717, 1.165) is 10.6 Å². The van der Waals surface area contributed by atoms with E-state index in [1.807, 2.05) is 30.5 Å². The number of hydrogen-bond donors (Lipinski definition) is 1. The highest BCUT2D eigenvalue weighted by Crippen LogP contribution is 2.39. The Bertz CT molecular complexity index is 596. The van der Waals surface area contributed by atoms with Crippen LogP contribution < -0.4 is 15.2 Å². The minimum absolute atomic E-state index is 0.295. The number of nitrogens with zero attached hydrogens (tertiary/aromatic N) is 1. The summed E-state index contributed by atoms with van der Waals surface area (Å²) in [7, 11) is 1.62. The van der Waals surface area contributed by atoms with Crippen LogP contribution in [0.5, 0.6) is 11.5 Å². The van der Waals surface area contributed by atoms with Crippen LogP contribution in [0.1, 0.15) is 12.6 Å². The van der Waals surface area contributed by atoms with Crippen molar-refractivity contribution in [2.24, 2.45) is 5.73 Å². The zero-order chi connectivity index (χ0) is 13.8. The van der Waals surface area contributed by atoms with E-state index in [-0.39, 0.29) is 0 Å². The second-order valence-electron chi connectivity index (χ2n) is 3.67. The zero-order valence-corrected chi connectivity index (χ0v) is 12.3. The summed E-state index contributed by atoms with van der Waals surface area (Å²) < 4.78 is 11.0. The number of hydrogen-bond acceptors (Lipinski definition) is 5. The van der Waals surface area contributed by atoms with Gasteiger partial charge in [0.05, 0.1) is 19.3 Å². The molecule has 1 heterocycles. The van der Waals surface area contributed by atoms with Crippen molar-refractivity contribution in [3.63, 3.8) is 0 Å². The van der Waals surface area contributed by atoms with Gasteiger partial charge in [-0.05, 0) is 19.1 Å². The van der Waals surface area contributed by atoms with Gasteiger partial charge in [-0.3, -0.25) is 0 Å². The lowest BCUT2D eigenvalue weighted by atomic mass is 10.2. The number of nitrogens with two attached hydrogens (primary N) is 1. The summed E-state index contributed by atoms with van der Waals surface area (Å²) in [6.07, 6.45) is 0. The molecule has 4 nitrogen and oxygen atoms in total. The van der Waals surface area contributed by atoms with Gasteiger partial charge in [0.15, 0.2) is 11.5 Å². The lowest BCUT2D eigenvalue weighted by Gasteiger charge is -2.12. The van der Waals surface area contributed by atoms with E-state index in [2.05, 4.69) is 4.98 Å².